The van der Waals surface area contributed by atoms with Gasteiger partial charge in [-0.1, -0.05) is 6.92 Å². The molecule has 2 rings (SSSR count). The Kier molecular flexibility index (Phi) is 4.26. The first-order chi connectivity index (χ1) is 8.06. The van der Waals surface area contributed by atoms with Crippen LogP contribution in [0.25, 0.3) is 0 Å². The van der Waals surface area contributed by atoms with E-state index in [4.69, 9.17) is 10.6 Å². The molecule has 1 aromatic rings. The Labute approximate surface area is 115 Å². The summed E-state index contributed by atoms with van der Waals surface area (Å²) in [6, 6.07) is 2.22. The topological polar surface area (TPSA) is 47.3 Å². The lowest BCUT2D eigenvalue weighted by Gasteiger charge is -2.28. The molecule has 3 nitrogen and oxygen atoms in total. The van der Waals surface area contributed by atoms with Gasteiger partial charge in [0.15, 0.2) is 0 Å². The summed E-state index contributed by atoms with van der Waals surface area (Å²) in [5.41, 5.74) is 2.97. The average Bonchev–Trinajstić information content (AvgIpc) is 2.79. The molecule has 2 heterocycles. The Balaban J connectivity index is 2.27. The highest BCUT2D eigenvalue weighted by atomic mass is 79.9. The highest BCUT2D eigenvalue weighted by Crippen LogP contribution is 2.43. The van der Waals surface area contributed by atoms with Crippen molar-refractivity contribution in [2.45, 2.75) is 39.0 Å². The van der Waals surface area contributed by atoms with Crippen molar-refractivity contribution < 1.29 is 4.74 Å². The van der Waals surface area contributed by atoms with E-state index in [0.29, 0.717) is 17.9 Å². The normalized spacial score (nSPS) is 35.1. The minimum atomic E-state index is 0.152. The maximum Gasteiger partial charge on any atom is 0.0620 e. The summed E-state index contributed by atoms with van der Waals surface area (Å²) in [5.74, 6) is 6.67. The van der Waals surface area contributed by atoms with E-state index in [1.807, 2.05) is 0 Å². The molecule has 17 heavy (non-hydrogen) atoms. The van der Waals surface area contributed by atoms with E-state index >= 15 is 0 Å². The molecule has 0 bridgehead atoms. The predicted molar refractivity (Wildman–Crippen MR) is 74.7 cm³/mol. The second-order valence-corrected chi connectivity index (χ2v) is 6.56. The van der Waals surface area contributed by atoms with Gasteiger partial charge in [0.05, 0.1) is 18.2 Å². The molecule has 0 radical (unpaired) electrons. The molecule has 5 heteroatoms. The fourth-order valence-corrected chi connectivity index (χ4v) is 4.49. The number of nitrogens with one attached hydrogen (secondary N) is 1. The molecule has 5 atom stereocenters. The molecule has 96 valence electrons. The summed E-state index contributed by atoms with van der Waals surface area (Å²) >= 11 is 5.31. The third-order valence-corrected chi connectivity index (χ3v) is 5.76. The van der Waals surface area contributed by atoms with Gasteiger partial charge in [0.2, 0.25) is 0 Å². The van der Waals surface area contributed by atoms with Crippen LogP contribution in [0.2, 0.25) is 0 Å². The highest BCUT2D eigenvalue weighted by Gasteiger charge is 2.42. The van der Waals surface area contributed by atoms with Gasteiger partial charge in [0.1, 0.15) is 0 Å². The molecule has 1 aromatic heterocycles. The van der Waals surface area contributed by atoms with Crippen LogP contribution in [0.3, 0.4) is 0 Å². The van der Waals surface area contributed by atoms with Crippen molar-refractivity contribution >= 4 is 27.3 Å². The van der Waals surface area contributed by atoms with E-state index in [2.05, 4.69) is 53.6 Å². The van der Waals surface area contributed by atoms with Crippen LogP contribution >= 0.6 is 27.3 Å². The number of thiophene rings is 1. The molecule has 0 aliphatic carbocycles. The van der Waals surface area contributed by atoms with E-state index in [1.54, 1.807) is 11.3 Å². The van der Waals surface area contributed by atoms with Crippen molar-refractivity contribution in [2.75, 3.05) is 0 Å². The lowest BCUT2D eigenvalue weighted by molar-refractivity contribution is 0.0476. The molecule has 0 amide bonds. The maximum atomic E-state index is 5.90. The summed E-state index contributed by atoms with van der Waals surface area (Å²) < 4.78 is 7.03. The zero-order valence-corrected chi connectivity index (χ0v) is 12.7. The summed E-state index contributed by atoms with van der Waals surface area (Å²) in [7, 11) is 0. The van der Waals surface area contributed by atoms with Crippen molar-refractivity contribution in [3.05, 3.63) is 20.8 Å². The Bertz CT molecular complexity index is 384. The van der Waals surface area contributed by atoms with Gasteiger partial charge in [0.25, 0.3) is 0 Å². The van der Waals surface area contributed by atoms with Gasteiger partial charge >= 0.3 is 0 Å². The second-order valence-electron chi connectivity index (χ2n) is 4.76. The molecular weight excluding hydrogens is 300 g/mol. The van der Waals surface area contributed by atoms with E-state index < -0.39 is 0 Å². The quantitative estimate of drug-likeness (QED) is 0.665. The van der Waals surface area contributed by atoms with Crippen LogP contribution in [0.15, 0.2) is 15.9 Å². The molecule has 1 aliphatic rings. The SMILES string of the molecule is CC1OC(C)C(C(NN)c2sccc2Br)C1C. The van der Waals surface area contributed by atoms with Crippen molar-refractivity contribution in [3.63, 3.8) is 0 Å². The van der Waals surface area contributed by atoms with Crippen molar-refractivity contribution in [3.8, 4) is 0 Å². The standard InChI is InChI=1S/C12H19BrN2OS/c1-6-7(2)16-8(3)10(6)11(15-14)12-9(13)4-5-17-12/h4-8,10-11,15H,14H2,1-3H3. The van der Waals surface area contributed by atoms with E-state index in [-0.39, 0.29) is 12.1 Å². The number of rotatable bonds is 3. The number of hydrazine groups is 1. The van der Waals surface area contributed by atoms with Crippen LogP contribution in [0.1, 0.15) is 31.7 Å². The first-order valence-electron chi connectivity index (χ1n) is 5.90. The molecule has 1 fully saturated rings. The van der Waals surface area contributed by atoms with Crippen LogP contribution < -0.4 is 11.3 Å². The summed E-state index contributed by atoms with van der Waals surface area (Å²) in [5, 5.41) is 2.08. The average molecular weight is 319 g/mol. The molecule has 3 N–H and O–H groups in total. The lowest BCUT2D eigenvalue weighted by Crippen LogP contribution is -2.38. The van der Waals surface area contributed by atoms with Crippen LogP contribution in [0.4, 0.5) is 0 Å². The van der Waals surface area contributed by atoms with Crippen LogP contribution in [0.5, 0.6) is 0 Å². The monoisotopic (exact) mass is 318 g/mol. The largest absolute Gasteiger partial charge is 0.375 e. The molecule has 5 unspecified atom stereocenters. The number of ether oxygens (including phenoxy) is 1. The Morgan fingerprint density at radius 3 is 2.53 bits per heavy atom. The van der Waals surface area contributed by atoms with E-state index in [1.165, 1.54) is 4.88 Å². The predicted octanol–water partition coefficient (Wildman–Crippen LogP) is 3.07. The summed E-state index contributed by atoms with van der Waals surface area (Å²) in [6.45, 7) is 6.51. The van der Waals surface area contributed by atoms with Crippen LogP contribution in [-0.2, 0) is 4.74 Å². The Morgan fingerprint density at radius 1 is 1.41 bits per heavy atom. The zero-order chi connectivity index (χ0) is 12.6. The minimum Gasteiger partial charge on any atom is -0.375 e. The molecule has 0 spiro atoms. The Hall–Kier alpha value is 0.0600. The van der Waals surface area contributed by atoms with Gasteiger partial charge in [-0.15, -0.1) is 11.3 Å². The minimum absolute atomic E-state index is 0.152. The molecule has 1 saturated heterocycles. The fraction of sp³-hybridized carbons (Fsp3) is 0.667. The first kappa shape index (κ1) is 13.5. The number of hydrogen-bond acceptors (Lipinski definition) is 4. The fourth-order valence-electron chi connectivity index (χ4n) is 2.76. The van der Waals surface area contributed by atoms with Crippen LogP contribution in [-0.4, -0.2) is 12.2 Å². The van der Waals surface area contributed by atoms with Gasteiger partial charge in [-0.25, -0.2) is 0 Å². The lowest BCUT2D eigenvalue weighted by atomic mass is 9.83. The number of halogens is 1. The van der Waals surface area contributed by atoms with E-state index in [9.17, 15) is 0 Å². The maximum absolute atomic E-state index is 5.90. The van der Waals surface area contributed by atoms with Gasteiger partial charge in [0, 0.05) is 15.3 Å². The van der Waals surface area contributed by atoms with Gasteiger partial charge in [-0.3, -0.25) is 11.3 Å². The number of nitrogens with two attached hydrogens (primary N) is 1. The van der Waals surface area contributed by atoms with Gasteiger partial charge < -0.3 is 4.74 Å². The van der Waals surface area contributed by atoms with Gasteiger partial charge in [-0.2, -0.15) is 0 Å². The third-order valence-electron chi connectivity index (χ3n) is 3.81. The summed E-state index contributed by atoms with van der Waals surface area (Å²) in [4.78, 5) is 1.26. The molecule has 0 aromatic carbocycles. The van der Waals surface area contributed by atoms with Crippen LogP contribution in [0, 0.1) is 11.8 Å². The highest BCUT2D eigenvalue weighted by molar-refractivity contribution is 9.10. The first-order valence-corrected chi connectivity index (χ1v) is 7.58. The van der Waals surface area contributed by atoms with Crippen molar-refractivity contribution in [1.82, 2.24) is 5.43 Å². The molecule has 0 saturated carbocycles. The van der Waals surface area contributed by atoms with E-state index in [0.717, 1.165) is 4.47 Å². The molecule has 1 aliphatic heterocycles. The summed E-state index contributed by atoms with van der Waals surface area (Å²) in [6.07, 6.45) is 0.527. The smallest absolute Gasteiger partial charge is 0.0620 e. The third kappa shape index (κ3) is 2.44. The van der Waals surface area contributed by atoms with Crippen molar-refractivity contribution in [1.29, 1.82) is 0 Å². The second kappa shape index (κ2) is 5.36. The van der Waals surface area contributed by atoms with Gasteiger partial charge in [-0.05, 0) is 47.1 Å². The zero-order valence-electron chi connectivity index (χ0n) is 10.3. The Morgan fingerprint density at radius 2 is 2.12 bits per heavy atom. The number of hydrogen-bond donors (Lipinski definition) is 2. The van der Waals surface area contributed by atoms with Crippen molar-refractivity contribution in [2.24, 2.45) is 17.7 Å². The molecular formula is C12H19BrN2OS.